The fourth-order valence-corrected chi connectivity index (χ4v) is 3.84. The summed E-state index contributed by atoms with van der Waals surface area (Å²) in [5.74, 6) is -0.346. The van der Waals surface area contributed by atoms with Crippen molar-refractivity contribution in [1.82, 2.24) is 15.5 Å². The molecule has 3 N–H and O–H groups in total. The summed E-state index contributed by atoms with van der Waals surface area (Å²) in [5.41, 5.74) is 0.539. The quantitative estimate of drug-likeness (QED) is 0.496. The van der Waals surface area contributed by atoms with Crippen molar-refractivity contribution < 1.29 is 24.2 Å². The minimum atomic E-state index is -0.878. The van der Waals surface area contributed by atoms with Crippen LogP contribution < -0.4 is 10.6 Å². The molecule has 0 bridgehead atoms. The van der Waals surface area contributed by atoms with Crippen LogP contribution in [0.1, 0.15) is 84.9 Å². The van der Waals surface area contributed by atoms with E-state index in [9.17, 15) is 19.5 Å². The molecule has 0 radical (unpaired) electrons. The second-order valence-electron chi connectivity index (χ2n) is 10.9. The molecule has 2 rings (SSSR count). The lowest BCUT2D eigenvalue weighted by Gasteiger charge is -2.35. The van der Waals surface area contributed by atoms with Crippen LogP contribution in [-0.2, 0) is 14.3 Å². The molecule has 1 aromatic carbocycles. The zero-order valence-electron chi connectivity index (χ0n) is 21.8. The van der Waals surface area contributed by atoms with Crippen LogP contribution in [0.2, 0.25) is 0 Å². The Morgan fingerprint density at radius 1 is 1.12 bits per heavy atom. The Bertz CT molecular complexity index is 887. The molecule has 1 aliphatic carbocycles. The van der Waals surface area contributed by atoms with Crippen molar-refractivity contribution in [2.75, 3.05) is 0 Å². The highest BCUT2D eigenvalue weighted by Gasteiger charge is 2.44. The maximum absolute atomic E-state index is 13.9. The SMILES string of the molecule is Cc1cc(C(C(=O)NC(C)C)N(C(=O)C(CC(C)C)NC(=O)OC(C)(C)C)C2CC2)ccc1O. The molecule has 1 fully saturated rings. The van der Waals surface area contributed by atoms with Crippen LogP contribution in [0.3, 0.4) is 0 Å². The molecular weight excluding hydrogens is 434 g/mol. The van der Waals surface area contributed by atoms with E-state index in [-0.39, 0.29) is 35.6 Å². The molecule has 8 heteroatoms. The number of hydrogen-bond acceptors (Lipinski definition) is 5. The third-order valence-electron chi connectivity index (χ3n) is 5.38. The molecule has 2 atom stereocenters. The first kappa shape index (κ1) is 27.5. The number of phenols is 1. The fraction of sp³-hybridized carbons (Fsp3) is 0.654. The molecule has 0 heterocycles. The van der Waals surface area contributed by atoms with E-state index in [2.05, 4.69) is 10.6 Å². The number of carbonyl (C=O) groups is 3. The molecule has 8 nitrogen and oxygen atoms in total. The summed E-state index contributed by atoms with van der Waals surface area (Å²) < 4.78 is 5.40. The van der Waals surface area contributed by atoms with Gasteiger partial charge in [0.05, 0.1) is 0 Å². The smallest absolute Gasteiger partial charge is 0.408 e. The number of benzene rings is 1. The first-order valence-corrected chi connectivity index (χ1v) is 12.1. The highest BCUT2D eigenvalue weighted by molar-refractivity contribution is 5.92. The predicted octanol–water partition coefficient (Wildman–Crippen LogP) is 4.20. The Morgan fingerprint density at radius 3 is 2.21 bits per heavy atom. The molecule has 1 aliphatic rings. The van der Waals surface area contributed by atoms with Crippen LogP contribution in [0.25, 0.3) is 0 Å². The molecule has 0 aromatic heterocycles. The minimum Gasteiger partial charge on any atom is -0.508 e. The monoisotopic (exact) mass is 475 g/mol. The fourth-order valence-electron chi connectivity index (χ4n) is 3.84. The Balaban J connectivity index is 2.46. The number of alkyl carbamates (subject to hydrolysis) is 1. The molecule has 0 saturated heterocycles. The van der Waals surface area contributed by atoms with Crippen LogP contribution >= 0.6 is 0 Å². The van der Waals surface area contributed by atoms with Gasteiger partial charge in [0.25, 0.3) is 0 Å². The number of carbonyl (C=O) groups excluding carboxylic acids is 3. The van der Waals surface area contributed by atoms with Crippen molar-refractivity contribution in [2.24, 2.45) is 5.92 Å². The average molecular weight is 476 g/mol. The van der Waals surface area contributed by atoms with Crippen LogP contribution in [0.4, 0.5) is 4.79 Å². The summed E-state index contributed by atoms with van der Waals surface area (Å²) in [4.78, 5) is 41.5. The molecule has 0 spiro atoms. The number of aromatic hydroxyl groups is 1. The topological polar surface area (TPSA) is 108 Å². The van der Waals surface area contributed by atoms with E-state index in [4.69, 9.17) is 4.74 Å². The van der Waals surface area contributed by atoms with Gasteiger partial charge in [-0.15, -0.1) is 0 Å². The second kappa shape index (κ2) is 11.1. The summed E-state index contributed by atoms with van der Waals surface area (Å²) in [5, 5.41) is 15.7. The van der Waals surface area contributed by atoms with Crippen LogP contribution in [-0.4, -0.2) is 51.6 Å². The van der Waals surface area contributed by atoms with E-state index >= 15 is 0 Å². The van der Waals surface area contributed by atoms with Gasteiger partial charge in [-0.05, 0) is 90.0 Å². The first-order valence-electron chi connectivity index (χ1n) is 12.1. The third-order valence-corrected chi connectivity index (χ3v) is 5.38. The number of phenolic OH excluding ortho intramolecular Hbond substituents is 1. The number of amides is 3. The van der Waals surface area contributed by atoms with Crippen molar-refractivity contribution in [3.8, 4) is 5.75 Å². The zero-order valence-corrected chi connectivity index (χ0v) is 21.8. The molecule has 34 heavy (non-hydrogen) atoms. The van der Waals surface area contributed by atoms with Gasteiger partial charge in [0.15, 0.2) is 0 Å². The number of aryl methyl sites for hydroxylation is 1. The van der Waals surface area contributed by atoms with Gasteiger partial charge in [0, 0.05) is 12.1 Å². The summed E-state index contributed by atoms with van der Waals surface area (Å²) in [6.45, 7) is 14.7. The minimum absolute atomic E-state index is 0.0976. The van der Waals surface area contributed by atoms with Gasteiger partial charge in [-0.2, -0.15) is 0 Å². The zero-order chi connectivity index (χ0) is 25.8. The lowest BCUT2D eigenvalue weighted by molar-refractivity contribution is -0.143. The van der Waals surface area contributed by atoms with E-state index in [1.54, 1.807) is 50.8 Å². The Kier molecular flexibility index (Phi) is 8.97. The van der Waals surface area contributed by atoms with Gasteiger partial charge in [0.2, 0.25) is 11.8 Å². The molecule has 2 unspecified atom stereocenters. The molecule has 190 valence electrons. The lowest BCUT2D eigenvalue weighted by Crippen LogP contribution is -2.54. The van der Waals surface area contributed by atoms with Crippen LogP contribution in [0.15, 0.2) is 18.2 Å². The lowest BCUT2D eigenvalue weighted by atomic mass is 9.97. The molecular formula is C26H41N3O5. The van der Waals surface area contributed by atoms with Crippen molar-refractivity contribution in [2.45, 2.75) is 104 Å². The molecule has 0 aliphatic heterocycles. The van der Waals surface area contributed by atoms with Gasteiger partial charge >= 0.3 is 6.09 Å². The van der Waals surface area contributed by atoms with Gasteiger partial charge in [-0.25, -0.2) is 4.79 Å². The maximum Gasteiger partial charge on any atom is 0.408 e. The summed E-state index contributed by atoms with van der Waals surface area (Å²) in [7, 11) is 0. The van der Waals surface area contributed by atoms with E-state index in [0.29, 0.717) is 17.5 Å². The summed E-state index contributed by atoms with van der Waals surface area (Å²) in [6.07, 6.45) is 1.32. The molecule has 1 aromatic rings. The van der Waals surface area contributed by atoms with Crippen molar-refractivity contribution in [3.05, 3.63) is 29.3 Å². The number of nitrogens with one attached hydrogen (secondary N) is 2. The van der Waals surface area contributed by atoms with Crippen molar-refractivity contribution >= 4 is 17.9 Å². The van der Waals surface area contributed by atoms with Gasteiger partial charge in [0.1, 0.15) is 23.4 Å². The number of hydrogen-bond donors (Lipinski definition) is 3. The predicted molar refractivity (Wildman–Crippen MR) is 131 cm³/mol. The van der Waals surface area contributed by atoms with E-state index < -0.39 is 23.8 Å². The first-order chi connectivity index (χ1) is 15.7. The van der Waals surface area contributed by atoms with Crippen molar-refractivity contribution in [1.29, 1.82) is 0 Å². The Morgan fingerprint density at radius 2 is 1.74 bits per heavy atom. The molecule has 3 amide bonds. The number of rotatable bonds is 9. The second-order valence-corrected chi connectivity index (χ2v) is 10.9. The Hall–Kier alpha value is -2.77. The van der Waals surface area contributed by atoms with Crippen LogP contribution in [0, 0.1) is 12.8 Å². The highest BCUT2D eigenvalue weighted by atomic mass is 16.6. The summed E-state index contributed by atoms with van der Waals surface area (Å²) in [6, 6.07) is 3.03. The third kappa shape index (κ3) is 7.92. The maximum atomic E-state index is 13.9. The van der Waals surface area contributed by atoms with Gasteiger partial charge in [-0.3, -0.25) is 9.59 Å². The number of ether oxygens (including phenoxy) is 1. The standard InChI is InChI=1S/C26H41N3O5/c1-15(2)13-20(28-25(33)34-26(6,7)8)24(32)29(19-10-11-19)22(23(31)27-16(3)4)18-9-12-21(30)17(5)14-18/h9,12,14-16,19-20,22,30H,10-11,13H2,1-8H3,(H,27,31)(H,28,33). The normalized spacial score (nSPS) is 15.6. The van der Waals surface area contributed by atoms with Gasteiger partial charge in [-0.1, -0.05) is 19.9 Å². The van der Waals surface area contributed by atoms with E-state index in [1.165, 1.54) is 0 Å². The van der Waals surface area contributed by atoms with Crippen molar-refractivity contribution in [3.63, 3.8) is 0 Å². The largest absolute Gasteiger partial charge is 0.508 e. The van der Waals surface area contributed by atoms with E-state index in [0.717, 1.165) is 12.8 Å². The van der Waals surface area contributed by atoms with E-state index in [1.807, 2.05) is 27.7 Å². The summed E-state index contributed by atoms with van der Waals surface area (Å²) >= 11 is 0. The van der Waals surface area contributed by atoms with Crippen LogP contribution in [0.5, 0.6) is 5.75 Å². The number of nitrogens with zero attached hydrogens (tertiary/aromatic N) is 1. The highest BCUT2D eigenvalue weighted by Crippen LogP contribution is 2.37. The van der Waals surface area contributed by atoms with Gasteiger partial charge < -0.3 is 25.4 Å². The molecule has 1 saturated carbocycles. The average Bonchev–Trinajstić information content (AvgIpc) is 3.49. The Labute approximate surface area is 203 Å².